The highest BCUT2D eigenvalue weighted by Crippen LogP contribution is 2.18. The molecule has 1 aromatic rings. The summed E-state index contributed by atoms with van der Waals surface area (Å²) in [4.78, 5) is 27.6. The second-order valence-corrected chi connectivity index (χ2v) is 6.30. The Morgan fingerprint density at radius 3 is 3.00 bits per heavy atom. The van der Waals surface area contributed by atoms with Gasteiger partial charge in [-0.3, -0.25) is 9.59 Å². The fourth-order valence-corrected chi connectivity index (χ4v) is 3.34. The van der Waals surface area contributed by atoms with Crippen molar-refractivity contribution in [3.05, 3.63) is 28.2 Å². The monoisotopic (exact) mass is 296 g/mol. The molecule has 1 aromatic heterocycles. The highest BCUT2D eigenvalue weighted by Gasteiger charge is 2.27. The van der Waals surface area contributed by atoms with Gasteiger partial charge in [0.2, 0.25) is 0 Å². The number of amides is 1. The van der Waals surface area contributed by atoms with Crippen LogP contribution in [0.25, 0.3) is 0 Å². The molecule has 1 fully saturated rings. The maximum atomic E-state index is 12.6. The Balaban J connectivity index is 2.18. The van der Waals surface area contributed by atoms with Gasteiger partial charge in [0.05, 0.1) is 6.04 Å². The van der Waals surface area contributed by atoms with E-state index < -0.39 is 0 Å². The van der Waals surface area contributed by atoms with E-state index in [4.69, 9.17) is 0 Å². The molecule has 0 saturated carbocycles. The van der Waals surface area contributed by atoms with E-state index in [0.29, 0.717) is 5.69 Å². The van der Waals surface area contributed by atoms with E-state index in [-0.39, 0.29) is 17.5 Å². The molecule has 0 bridgehead atoms. The third-order valence-corrected chi connectivity index (χ3v) is 4.37. The van der Waals surface area contributed by atoms with Gasteiger partial charge in [0.25, 0.3) is 11.5 Å². The fourth-order valence-electron chi connectivity index (χ4n) is 2.28. The Kier molecular flexibility index (Phi) is 5.19. The third-order valence-electron chi connectivity index (χ3n) is 3.17. The average molecular weight is 296 g/mol. The van der Waals surface area contributed by atoms with E-state index >= 15 is 0 Å². The van der Waals surface area contributed by atoms with Gasteiger partial charge in [-0.05, 0) is 32.3 Å². The van der Waals surface area contributed by atoms with Gasteiger partial charge in [0.1, 0.15) is 5.69 Å². The molecule has 20 heavy (non-hydrogen) atoms. The summed E-state index contributed by atoms with van der Waals surface area (Å²) < 4.78 is 0. The van der Waals surface area contributed by atoms with Crippen LogP contribution >= 0.6 is 11.8 Å². The maximum absolute atomic E-state index is 12.6. The van der Waals surface area contributed by atoms with Crippen molar-refractivity contribution in [3.63, 3.8) is 0 Å². The van der Waals surface area contributed by atoms with Crippen LogP contribution in [0.3, 0.4) is 0 Å². The van der Waals surface area contributed by atoms with Crippen molar-refractivity contribution in [1.82, 2.24) is 20.0 Å². The molecule has 0 aliphatic carbocycles. The number of carbonyl (C=O) groups excluding carboxylic acids is 1. The third kappa shape index (κ3) is 3.83. The molecule has 6 nitrogen and oxygen atoms in total. The van der Waals surface area contributed by atoms with E-state index in [0.717, 1.165) is 31.0 Å². The minimum Gasteiger partial charge on any atom is -0.332 e. The number of likely N-dealkylation sites (N-methyl/N-ethyl adjacent to an activating group) is 1. The first-order chi connectivity index (χ1) is 9.58. The van der Waals surface area contributed by atoms with Crippen LogP contribution in [0.2, 0.25) is 0 Å². The summed E-state index contributed by atoms with van der Waals surface area (Å²) in [5.41, 5.74) is 0.0121. The Morgan fingerprint density at radius 2 is 2.35 bits per heavy atom. The molecule has 2 rings (SSSR count). The Bertz CT molecular complexity index is 497. The van der Waals surface area contributed by atoms with Crippen LogP contribution in [0.1, 0.15) is 16.9 Å². The number of nitrogens with zero attached hydrogens (tertiary/aromatic N) is 3. The Hall–Kier alpha value is -1.34. The lowest BCUT2D eigenvalue weighted by Gasteiger charge is -2.31. The zero-order valence-electron chi connectivity index (χ0n) is 11.8. The molecule has 1 N–H and O–H groups in total. The van der Waals surface area contributed by atoms with Crippen LogP contribution in [-0.2, 0) is 0 Å². The molecule has 7 heteroatoms. The zero-order chi connectivity index (χ0) is 14.5. The standard InChI is InChI=1S/C13H20N4O2S/c1-16(2)8-10-9-20-7-3-6-17(10)13(19)11-4-5-12(18)15-14-11/h4-5,10H,3,6-9H2,1-2H3,(H,15,18). The van der Waals surface area contributed by atoms with Gasteiger partial charge in [0.15, 0.2) is 0 Å². The molecule has 1 aliphatic heterocycles. The molecular weight excluding hydrogens is 276 g/mol. The summed E-state index contributed by atoms with van der Waals surface area (Å²) in [6.07, 6.45) is 0.990. The zero-order valence-corrected chi connectivity index (χ0v) is 12.7. The minimum atomic E-state index is -0.294. The van der Waals surface area contributed by atoms with Crippen LogP contribution in [0.5, 0.6) is 0 Å². The summed E-state index contributed by atoms with van der Waals surface area (Å²) in [5.74, 6) is 1.91. The number of carbonyl (C=O) groups is 1. The lowest BCUT2D eigenvalue weighted by atomic mass is 10.2. The molecular formula is C13H20N4O2S. The molecule has 0 radical (unpaired) electrons. The van der Waals surface area contributed by atoms with Crippen LogP contribution in [-0.4, -0.2) is 70.6 Å². The number of aromatic nitrogens is 2. The number of rotatable bonds is 3. The smallest absolute Gasteiger partial charge is 0.274 e. The van der Waals surface area contributed by atoms with Gasteiger partial charge in [0, 0.05) is 24.9 Å². The summed E-state index contributed by atoms with van der Waals surface area (Å²) in [5, 5.41) is 6.17. The lowest BCUT2D eigenvalue weighted by molar-refractivity contribution is 0.0668. The number of thioether (sulfide) groups is 1. The topological polar surface area (TPSA) is 69.3 Å². The van der Waals surface area contributed by atoms with Crippen LogP contribution in [0.4, 0.5) is 0 Å². The Morgan fingerprint density at radius 1 is 1.55 bits per heavy atom. The maximum Gasteiger partial charge on any atom is 0.274 e. The van der Waals surface area contributed by atoms with Gasteiger partial charge in [-0.2, -0.15) is 16.9 Å². The lowest BCUT2D eigenvalue weighted by Crippen LogP contribution is -2.47. The minimum absolute atomic E-state index is 0.101. The second-order valence-electron chi connectivity index (χ2n) is 5.15. The molecule has 1 aliphatic rings. The predicted octanol–water partition coefficient (Wildman–Crippen LogP) is 0.279. The van der Waals surface area contributed by atoms with Crippen molar-refractivity contribution in [2.24, 2.45) is 0 Å². The van der Waals surface area contributed by atoms with Crippen molar-refractivity contribution >= 4 is 17.7 Å². The van der Waals surface area contributed by atoms with Gasteiger partial charge in [-0.25, -0.2) is 5.10 Å². The fraction of sp³-hybridized carbons (Fsp3) is 0.615. The van der Waals surface area contributed by atoms with E-state index in [9.17, 15) is 9.59 Å². The normalized spacial score (nSPS) is 19.9. The van der Waals surface area contributed by atoms with Crippen molar-refractivity contribution in [1.29, 1.82) is 0 Å². The highest BCUT2D eigenvalue weighted by molar-refractivity contribution is 7.99. The van der Waals surface area contributed by atoms with E-state index in [1.54, 1.807) is 0 Å². The second kappa shape index (κ2) is 6.90. The summed E-state index contributed by atoms with van der Waals surface area (Å²) >= 11 is 1.89. The van der Waals surface area contributed by atoms with Crippen LogP contribution < -0.4 is 5.56 Å². The largest absolute Gasteiger partial charge is 0.332 e. The first-order valence-electron chi connectivity index (χ1n) is 6.67. The molecule has 0 spiro atoms. The summed E-state index contributed by atoms with van der Waals surface area (Å²) in [7, 11) is 4.02. The average Bonchev–Trinajstić information content (AvgIpc) is 2.63. The molecule has 1 saturated heterocycles. The first-order valence-corrected chi connectivity index (χ1v) is 7.82. The first kappa shape index (κ1) is 15.1. The summed E-state index contributed by atoms with van der Waals surface area (Å²) in [6, 6.07) is 3.01. The molecule has 2 heterocycles. The van der Waals surface area contributed by atoms with Gasteiger partial charge < -0.3 is 9.80 Å². The number of H-pyrrole nitrogens is 1. The van der Waals surface area contributed by atoms with E-state index in [2.05, 4.69) is 15.1 Å². The number of nitrogens with one attached hydrogen (secondary N) is 1. The number of hydrogen-bond acceptors (Lipinski definition) is 5. The molecule has 110 valence electrons. The SMILES string of the molecule is CN(C)CC1CSCCCN1C(=O)c1ccc(=O)[nH]n1. The van der Waals surface area contributed by atoms with Crippen LogP contribution in [0.15, 0.2) is 16.9 Å². The van der Waals surface area contributed by atoms with Crippen molar-refractivity contribution < 1.29 is 4.79 Å². The van der Waals surface area contributed by atoms with Gasteiger partial charge in [-0.15, -0.1) is 0 Å². The molecule has 1 amide bonds. The molecule has 0 aromatic carbocycles. The van der Waals surface area contributed by atoms with E-state index in [1.165, 1.54) is 12.1 Å². The summed E-state index contributed by atoms with van der Waals surface area (Å²) in [6.45, 7) is 1.58. The number of hydrogen-bond donors (Lipinski definition) is 1. The molecule has 1 unspecified atom stereocenters. The van der Waals surface area contributed by atoms with Crippen LogP contribution in [0, 0.1) is 0 Å². The van der Waals surface area contributed by atoms with Gasteiger partial charge >= 0.3 is 0 Å². The number of aromatic amines is 1. The van der Waals surface area contributed by atoms with E-state index in [1.807, 2.05) is 30.8 Å². The predicted molar refractivity (Wildman–Crippen MR) is 80.2 cm³/mol. The van der Waals surface area contributed by atoms with Crippen molar-refractivity contribution in [2.75, 3.05) is 38.7 Å². The van der Waals surface area contributed by atoms with Crippen molar-refractivity contribution in [2.45, 2.75) is 12.5 Å². The van der Waals surface area contributed by atoms with Gasteiger partial charge in [-0.1, -0.05) is 0 Å². The van der Waals surface area contributed by atoms with Crippen molar-refractivity contribution in [3.8, 4) is 0 Å². The quantitative estimate of drug-likeness (QED) is 0.867. The highest BCUT2D eigenvalue weighted by atomic mass is 32.2. The Labute approximate surface area is 122 Å². The molecule has 1 atom stereocenters.